The van der Waals surface area contributed by atoms with Gasteiger partial charge in [-0.15, -0.1) is 0 Å². The van der Waals surface area contributed by atoms with Gasteiger partial charge < -0.3 is 0 Å². The standard InChI is InChI=1S/C16H32S4/c1-2-3-4-5-6-7-8-16-15-19-12-11-17-9-10-18-13-14-20-16/h16H,2-15H2,1H3. The SMILES string of the molecule is CCCCCCCCC1CSCCSCCSCCS1. The van der Waals surface area contributed by atoms with Crippen molar-refractivity contribution >= 4 is 47.0 Å². The lowest BCUT2D eigenvalue weighted by Gasteiger charge is -2.17. The van der Waals surface area contributed by atoms with Crippen LogP contribution >= 0.6 is 47.0 Å². The van der Waals surface area contributed by atoms with Crippen molar-refractivity contribution in [1.29, 1.82) is 0 Å². The first-order valence-electron chi connectivity index (χ1n) is 8.28. The Balaban J connectivity index is 2.08. The van der Waals surface area contributed by atoms with Crippen molar-refractivity contribution in [2.45, 2.75) is 57.1 Å². The molecule has 4 heteroatoms. The molecule has 0 N–H and O–H groups in total. The van der Waals surface area contributed by atoms with Crippen molar-refractivity contribution < 1.29 is 0 Å². The topological polar surface area (TPSA) is 0 Å². The second-order valence-corrected chi connectivity index (χ2v) is 10.4. The van der Waals surface area contributed by atoms with E-state index in [-0.39, 0.29) is 0 Å². The van der Waals surface area contributed by atoms with Crippen molar-refractivity contribution in [3.05, 3.63) is 0 Å². The number of hydrogen-bond acceptors (Lipinski definition) is 4. The molecule has 1 atom stereocenters. The number of unbranched alkanes of at least 4 members (excludes halogenated alkanes) is 5. The molecule has 0 saturated carbocycles. The van der Waals surface area contributed by atoms with Crippen molar-refractivity contribution in [3.63, 3.8) is 0 Å². The Morgan fingerprint density at radius 1 is 0.700 bits per heavy atom. The van der Waals surface area contributed by atoms with Crippen LogP contribution in [0.5, 0.6) is 0 Å². The highest BCUT2D eigenvalue weighted by atomic mass is 32.2. The summed E-state index contributed by atoms with van der Waals surface area (Å²) < 4.78 is 0. The fourth-order valence-electron chi connectivity index (χ4n) is 2.30. The molecule has 0 bridgehead atoms. The van der Waals surface area contributed by atoms with Crippen LogP contribution in [0.25, 0.3) is 0 Å². The molecule has 1 fully saturated rings. The molecule has 0 aromatic rings. The Bertz CT molecular complexity index is 187. The summed E-state index contributed by atoms with van der Waals surface area (Å²) in [6.45, 7) is 2.30. The van der Waals surface area contributed by atoms with Crippen LogP contribution in [0.3, 0.4) is 0 Å². The summed E-state index contributed by atoms with van der Waals surface area (Å²) in [7, 11) is 0. The molecular formula is C16H32S4. The van der Waals surface area contributed by atoms with Gasteiger partial charge in [0, 0.05) is 45.5 Å². The van der Waals surface area contributed by atoms with E-state index in [0.717, 1.165) is 5.25 Å². The molecule has 120 valence electrons. The van der Waals surface area contributed by atoms with Gasteiger partial charge in [0.25, 0.3) is 0 Å². The molecule has 0 amide bonds. The number of thioether (sulfide) groups is 4. The third kappa shape index (κ3) is 12.0. The lowest BCUT2D eigenvalue weighted by atomic mass is 10.1. The highest BCUT2D eigenvalue weighted by molar-refractivity contribution is 8.06. The third-order valence-electron chi connectivity index (χ3n) is 3.51. The summed E-state index contributed by atoms with van der Waals surface area (Å²) in [4.78, 5) is 0. The first-order chi connectivity index (χ1) is 9.93. The summed E-state index contributed by atoms with van der Waals surface area (Å²) in [5.74, 6) is 9.57. The van der Waals surface area contributed by atoms with Gasteiger partial charge in [0.05, 0.1) is 0 Å². The van der Waals surface area contributed by atoms with E-state index in [4.69, 9.17) is 0 Å². The Morgan fingerprint density at radius 2 is 1.30 bits per heavy atom. The minimum absolute atomic E-state index is 0.927. The molecule has 1 rings (SSSR count). The first kappa shape index (κ1) is 19.4. The zero-order valence-corrected chi connectivity index (χ0v) is 16.4. The van der Waals surface area contributed by atoms with Crippen LogP contribution in [0.1, 0.15) is 51.9 Å². The molecule has 0 aliphatic carbocycles. The quantitative estimate of drug-likeness (QED) is 0.511. The monoisotopic (exact) mass is 352 g/mol. The lowest BCUT2D eigenvalue weighted by molar-refractivity contribution is 0.590. The van der Waals surface area contributed by atoms with Gasteiger partial charge in [0.15, 0.2) is 0 Å². The Labute approximate surface area is 144 Å². The highest BCUT2D eigenvalue weighted by Gasteiger charge is 2.10. The van der Waals surface area contributed by atoms with Gasteiger partial charge in [-0.05, 0) is 6.42 Å². The van der Waals surface area contributed by atoms with Gasteiger partial charge in [-0.3, -0.25) is 0 Å². The van der Waals surface area contributed by atoms with E-state index < -0.39 is 0 Å². The molecule has 0 aromatic carbocycles. The molecule has 0 nitrogen and oxygen atoms in total. The average molecular weight is 353 g/mol. The van der Waals surface area contributed by atoms with Gasteiger partial charge in [0.1, 0.15) is 0 Å². The fourth-order valence-corrected chi connectivity index (χ4v) is 7.38. The number of hydrogen-bond donors (Lipinski definition) is 0. The molecular weight excluding hydrogens is 320 g/mol. The minimum atomic E-state index is 0.927. The van der Waals surface area contributed by atoms with Crippen LogP contribution in [0.15, 0.2) is 0 Å². The van der Waals surface area contributed by atoms with Crippen LogP contribution in [0.4, 0.5) is 0 Å². The van der Waals surface area contributed by atoms with Crippen LogP contribution in [-0.4, -0.2) is 45.5 Å². The van der Waals surface area contributed by atoms with E-state index in [9.17, 15) is 0 Å². The second kappa shape index (κ2) is 15.3. The van der Waals surface area contributed by atoms with Crippen LogP contribution < -0.4 is 0 Å². The van der Waals surface area contributed by atoms with Crippen LogP contribution in [0, 0.1) is 0 Å². The Morgan fingerprint density at radius 3 is 2.05 bits per heavy atom. The summed E-state index contributed by atoms with van der Waals surface area (Å²) in [6.07, 6.45) is 10.1. The van der Waals surface area contributed by atoms with Crippen molar-refractivity contribution in [3.8, 4) is 0 Å². The zero-order valence-electron chi connectivity index (χ0n) is 13.1. The van der Waals surface area contributed by atoms with Crippen LogP contribution in [0.2, 0.25) is 0 Å². The van der Waals surface area contributed by atoms with Gasteiger partial charge in [-0.2, -0.15) is 47.0 Å². The highest BCUT2D eigenvalue weighted by Crippen LogP contribution is 2.25. The van der Waals surface area contributed by atoms with E-state index in [0.29, 0.717) is 0 Å². The zero-order chi connectivity index (χ0) is 14.3. The fraction of sp³-hybridized carbons (Fsp3) is 1.00. The van der Waals surface area contributed by atoms with Crippen molar-refractivity contribution in [2.75, 3.05) is 40.3 Å². The summed E-state index contributed by atoms with van der Waals surface area (Å²) in [5, 5.41) is 0.927. The average Bonchev–Trinajstić information content (AvgIpc) is 2.45. The third-order valence-corrected chi connectivity index (χ3v) is 8.91. The van der Waals surface area contributed by atoms with Crippen molar-refractivity contribution in [2.24, 2.45) is 0 Å². The Hall–Kier alpha value is 1.40. The van der Waals surface area contributed by atoms with Crippen molar-refractivity contribution in [1.82, 2.24) is 0 Å². The predicted octanol–water partition coefficient (Wildman–Crippen LogP) is 6.05. The molecule has 1 aliphatic rings. The maximum Gasteiger partial charge on any atom is 0.0138 e. The van der Waals surface area contributed by atoms with E-state index in [1.54, 1.807) is 0 Å². The van der Waals surface area contributed by atoms with E-state index in [1.165, 1.54) is 85.2 Å². The molecule has 0 aromatic heterocycles. The number of rotatable bonds is 7. The molecule has 0 radical (unpaired) electrons. The maximum atomic E-state index is 2.30. The van der Waals surface area contributed by atoms with Gasteiger partial charge in [0.2, 0.25) is 0 Å². The molecule has 0 spiro atoms. The molecule has 1 heterocycles. The first-order valence-corrected chi connectivity index (χ1v) is 12.8. The molecule has 20 heavy (non-hydrogen) atoms. The predicted molar refractivity (Wildman–Crippen MR) is 106 cm³/mol. The Kier molecular flexibility index (Phi) is 14.9. The smallest absolute Gasteiger partial charge is 0.0138 e. The maximum absolute atomic E-state index is 2.30. The van der Waals surface area contributed by atoms with Gasteiger partial charge in [-0.25, -0.2) is 0 Å². The summed E-state index contributed by atoms with van der Waals surface area (Å²) in [6, 6.07) is 0. The van der Waals surface area contributed by atoms with Gasteiger partial charge in [-0.1, -0.05) is 45.4 Å². The summed E-state index contributed by atoms with van der Waals surface area (Å²) >= 11 is 8.76. The lowest BCUT2D eigenvalue weighted by Crippen LogP contribution is -2.10. The van der Waals surface area contributed by atoms with Gasteiger partial charge >= 0.3 is 0 Å². The van der Waals surface area contributed by atoms with E-state index >= 15 is 0 Å². The second-order valence-electron chi connectivity index (χ2n) is 5.35. The molecule has 1 saturated heterocycles. The summed E-state index contributed by atoms with van der Waals surface area (Å²) in [5.41, 5.74) is 0. The minimum Gasteiger partial charge on any atom is -0.160 e. The molecule has 1 unspecified atom stereocenters. The van der Waals surface area contributed by atoms with Crippen LogP contribution in [-0.2, 0) is 0 Å². The molecule has 1 aliphatic heterocycles. The normalized spacial score (nSPS) is 22.9. The van der Waals surface area contributed by atoms with E-state index in [1.807, 2.05) is 0 Å². The van der Waals surface area contributed by atoms with E-state index in [2.05, 4.69) is 54.0 Å². The largest absolute Gasteiger partial charge is 0.160 e.